The minimum Gasteiger partial charge on any atom is -0.311 e. The average Bonchev–Trinajstić information content (AvgIpc) is 2.61. The fraction of sp³-hybridized carbons (Fsp3) is 0.350. The monoisotopic (exact) mass is 408 g/mol. The summed E-state index contributed by atoms with van der Waals surface area (Å²) in [6.07, 6.45) is 0. The Labute approximate surface area is 166 Å². The van der Waals surface area contributed by atoms with Crippen molar-refractivity contribution in [2.24, 2.45) is 0 Å². The summed E-state index contributed by atoms with van der Waals surface area (Å²) in [6.45, 7) is 8.17. The van der Waals surface area contributed by atoms with Gasteiger partial charge in [-0.3, -0.25) is 4.79 Å². The molecule has 0 saturated carbocycles. The van der Waals surface area contributed by atoms with Crippen LogP contribution in [0.5, 0.6) is 0 Å². The maximum Gasteiger partial charge on any atom is 0.259 e. The molecule has 2 aromatic rings. The molecular formula is C20H25ClN2O3S. The Balaban J connectivity index is 2.48. The molecule has 0 aliphatic carbocycles. The molecule has 5 nitrogen and oxygen atoms in total. The number of amides is 1. The van der Waals surface area contributed by atoms with Gasteiger partial charge < -0.3 is 4.90 Å². The van der Waals surface area contributed by atoms with Crippen molar-refractivity contribution in [1.82, 2.24) is 4.31 Å². The summed E-state index contributed by atoms with van der Waals surface area (Å²) in [4.78, 5) is 14.6. The first kappa shape index (κ1) is 21.4. The summed E-state index contributed by atoms with van der Waals surface area (Å²) in [6, 6.07) is 10.0. The van der Waals surface area contributed by atoms with Crippen LogP contribution in [-0.2, 0) is 10.0 Å². The summed E-state index contributed by atoms with van der Waals surface area (Å²) < 4.78 is 26.9. The molecule has 0 aromatic heterocycles. The summed E-state index contributed by atoms with van der Waals surface area (Å²) in [5.74, 6) is -0.358. The van der Waals surface area contributed by atoms with Gasteiger partial charge in [0.1, 0.15) is 0 Å². The Hall–Kier alpha value is -1.89. The van der Waals surface area contributed by atoms with Crippen molar-refractivity contribution in [3.05, 3.63) is 58.1 Å². The van der Waals surface area contributed by atoms with Crippen molar-refractivity contribution < 1.29 is 13.2 Å². The van der Waals surface area contributed by atoms with E-state index >= 15 is 0 Å². The Bertz CT molecular complexity index is 954. The molecule has 0 N–H and O–H groups in total. The summed E-state index contributed by atoms with van der Waals surface area (Å²) in [5, 5.41) is 0.218. The first-order valence-corrected chi connectivity index (χ1v) is 10.6. The Kier molecular flexibility index (Phi) is 6.68. The van der Waals surface area contributed by atoms with Crippen molar-refractivity contribution in [1.29, 1.82) is 0 Å². The molecule has 0 spiro atoms. The Morgan fingerprint density at radius 1 is 1.04 bits per heavy atom. The first-order chi connectivity index (χ1) is 12.6. The maximum absolute atomic E-state index is 13.0. The molecule has 0 bridgehead atoms. The summed E-state index contributed by atoms with van der Waals surface area (Å²) in [7, 11) is -2.02. The van der Waals surface area contributed by atoms with E-state index in [9.17, 15) is 13.2 Å². The molecule has 1 amide bonds. The molecule has 146 valence electrons. The van der Waals surface area contributed by atoms with Crippen molar-refractivity contribution in [3.8, 4) is 0 Å². The van der Waals surface area contributed by atoms with Crippen LogP contribution in [0.3, 0.4) is 0 Å². The van der Waals surface area contributed by atoms with Crippen LogP contribution < -0.4 is 4.90 Å². The van der Waals surface area contributed by atoms with Crippen molar-refractivity contribution in [2.75, 3.05) is 25.0 Å². The lowest BCUT2D eigenvalue weighted by molar-refractivity contribution is 0.0993. The number of anilines is 1. The van der Waals surface area contributed by atoms with E-state index in [1.165, 1.54) is 27.4 Å². The van der Waals surface area contributed by atoms with Gasteiger partial charge in [-0.05, 0) is 43.7 Å². The molecule has 27 heavy (non-hydrogen) atoms. The predicted molar refractivity (Wildman–Crippen MR) is 110 cm³/mol. The zero-order valence-electron chi connectivity index (χ0n) is 16.3. The van der Waals surface area contributed by atoms with Gasteiger partial charge in [-0.1, -0.05) is 43.1 Å². The fourth-order valence-electron chi connectivity index (χ4n) is 3.01. The number of benzene rings is 2. The number of halogens is 1. The number of hydrogen-bond donors (Lipinski definition) is 0. The van der Waals surface area contributed by atoms with Crippen molar-refractivity contribution in [3.63, 3.8) is 0 Å². The molecule has 7 heteroatoms. The number of sulfonamides is 1. The van der Waals surface area contributed by atoms with Gasteiger partial charge in [-0.15, -0.1) is 0 Å². The molecule has 0 fully saturated rings. The lowest BCUT2D eigenvalue weighted by Gasteiger charge is -2.22. The second kappa shape index (κ2) is 8.42. The molecule has 0 aliphatic heterocycles. The standard InChI is InChI=1S/C20H25ClN2O3S/c1-6-23(7-2)27(25,26)16-9-10-18(21)17(13-16)20(24)22(5)19-11-8-14(3)12-15(19)4/h8-13H,6-7H2,1-5H3. The lowest BCUT2D eigenvalue weighted by atomic mass is 10.1. The second-order valence-corrected chi connectivity index (χ2v) is 8.73. The molecular weight excluding hydrogens is 384 g/mol. The minimum atomic E-state index is -3.67. The number of aryl methyl sites for hydroxylation is 2. The molecule has 0 heterocycles. The van der Waals surface area contributed by atoms with Gasteiger partial charge in [0.25, 0.3) is 5.91 Å². The van der Waals surface area contributed by atoms with E-state index in [4.69, 9.17) is 11.6 Å². The maximum atomic E-state index is 13.0. The van der Waals surface area contributed by atoms with E-state index in [0.29, 0.717) is 13.1 Å². The number of carbonyl (C=O) groups excluding carboxylic acids is 1. The number of hydrogen-bond acceptors (Lipinski definition) is 3. The number of rotatable bonds is 6. The smallest absolute Gasteiger partial charge is 0.259 e. The van der Waals surface area contributed by atoms with Crippen LogP contribution in [0.4, 0.5) is 5.69 Å². The normalized spacial score (nSPS) is 11.7. The third kappa shape index (κ3) is 4.34. The van der Waals surface area contributed by atoms with E-state index in [0.717, 1.165) is 16.8 Å². The molecule has 2 aromatic carbocycles. The molecule has 0 aliphatic rings. The highest BCUT2D eigenvalue weighted by atomic mass is 35.5. The van der Waals surface area contributed by atoms with E-state index in [1.807, 2.05) is 32.0 Å². The van der Waals surface area contributed by atoms with E-state index in [-0.39, 0.29) is 21.4 Å². The van der Waals surface area contributed by atoms with Crippen molar-refractivity contribution in [2.45, 2.75) is 32.6 Å². The highest BCUT2D eigenvalue weighted by Crippen LogP contribution is 2.27. The first-order valence-electron chi connectivity index (χ1n) is 8.78. The highest BCUT2D eigenvalue weighted by molar-refractivity contribution is 7.89. The fourth-order valence-corrected chi connectivity index (χ4v) is 4.70. The molecule has 0 atom stereocenters. The van der Waals surface area contributed by atoms with E-state index in [1.54, 1.807) is 20.9 Å². The molecule has 2 rings (SSSR count). The van der Waals surface area contributed by atoms with Crippen LogP contribution in [-0.4, -0.2) is 38.8 Å². The van der Waals surface area contributed by atoms with Gasteiger partial charge in [0.15, 0.2) is 0 Å². The number of nitrogens with zero attached hydrogens (tertiary/aromatic N) is 2. The van der Waals surface area contributed by atoms with Gasteiger partial charge in [0.2, 0.25) is 10.0 Å². The predicted octanol–water partition coefficient (Wildman–Crippen LogP) is 4.26. The Morgan fingerprint density at radius 2 is 1.67 bits per heavy atom. The molecule has 0 saturated heterocycles. The van der Waals surface area contributed by atoms with Gasteiger partial charge >= 0.3 is 0 Å². The third-order valence-corrected chi connectivity index (χ3v) is 6.91. The lowest BCUT2D eigenvalue weighted by Crippen LogP contribution is -2.31. The minimum absolute atomic E-state index is 0.0629. The average molecular weight is 409 g/mol. The van der Waals surface area contributed by atoms with Crippen LogP contribution in [0.15, 0.2) is 41.3 Å². The zero-order chi connectivity index (χ0) is 20.4. The Morgan fingerprint density at radius 3 is 2.22 bits per heavy atom. The highest BCUT2D eigenvalue weighted by Gasteiger charge is 2.25. The molecule has 0 unspecified atom stereocenters. The van der Waals surface area contributed by atoms with Gasteiger partial charge in [0.05, 0.1) is 15.5 Å². The van der Waals surface area contributed by atoms with Gasteiger partial charge in [-0.25, -0.2) is 8.42 Å². The van der Waals surface area contributed by atoms with Gasteiger partial charge in [-0.2, -0.15) is 4.31 Å². The van der Waals surface area contributed by atoms with Crippen LogP contribution in [0.1, 0.15) is 35.3 Å². The van der Waals surface area contributed by atoms with Crippen LogP contribution in [0, 0.1) is 13.8 Å². The third-order valence-electron chi connectivity index (χ3n) is 4.53. The second-order valence-electron chi connectivity index (χ2n) is 6.39. The number of carbonyl (C=O) groups is 1. The topological polar surface area (TPSA) is 57.7 Å². The van der Waals surface area contributed by atoms with E-state index < -0.39 is 10.0 Å². The zero-order valence-corrected chi connectivity index (χ0v) is 17.9. The van der Waals surface area contributed by atoms with Crippen molar-refractivity contribution >= 4 is 33.2 Å². The quantitative estimate of drug-likeness (QED) is 0.717. The SMILES string of the molecule is CCN(CC)S(=O)(=O)c1ccc(Cl)c(C(=O)N(C)c2ccc(C)cc2C)c1. The van der Waals surface area contributed by atoms with E-state index in [2.05, 4.69) is 0 Å². The van der Waals surface area contributed by atoms with Gasteiger partial charge in [0, 0.05) is 25.8 Å². The van der Waals surface area contributed by atoms with Crippen LogP contribution >= 0.6 is 11.6 Å². The summed E-state index contributed by atoms with van der Waals surface area (Å²) in [5.41, 5.74) is 2.96. The summed E-state index contributed by atoms with van der Waals surface area (Å²) >= 11 is 6.23. The molecule has 0 radical (unpaired) electrons. The van der Waals surface area contributed by atoms with Crippen LogP contribution in [0.25, 0.3) is 0 Å². The van der Waals surface area contributed by atoms with Crippen LogP contribution in [0.2, 0.25) is 5.02 Å². The largest absolute Gasteiger partial charge is 0.311 e.